The summed E-state index contributed by atoms with van der Waals surface area (Å²) >= 11 is 0. The third kappa shape index (κ3) is 2.64. The molecule has 1 aromatic rings. The monoisotopic (exact) mass is 276 g/mol. The molecule has 2 heteroatoms. The van der Waals surface area contributed by atoms with Crippen LogP contribution in [0.4, 0.5) is 0 Å². The Balaban J connectivity index is 2.47. The quantitative estimate of drug-likeness (QED) is 0.881. The molecule has 2 atom stereocenters. The second-order valence-corrected chi connectivity index (χ2v) is 7.69. The number of aliphatic hydroxyl groups is 1. The number of ether oxygens (including phenoxy) is 1. The molecule has 2 nitrogen and oxygen atoms in total. The van der Waals surface area contributed by atoms with Gasteiger partial charge in [0.1, 0.15) is 0 Å². The highest BCUT2D eigenvalue weighted by molar-refractivity contribution is 5.36. The van der Waals surface area contributed by atoms with E-state index in [9.17, 15) is 5.11 Å². The van der Waals surface area contributed by atoms with Gasteiger partial charge in [0.15, 0.2) is 0 Å². The first-order chi connectivity index (χ1) is 8.96. The molecule has 1 aliphatic heterocycles. The summed E-state index contributed by atoms with van der Waals surface area (Å²) in [6.45, 7) is 14.5. The average molecular weight is 276 g/mol. The fourth-order valence-electron chi connectivity index (χ4n) is 3.91. The molecule has 0 amide bonds. The zero-order chi connectivity index (χ0) is 15.3. The molecule has 2 rings (SSSR count). The average Bonchev–Trinajstić information content (AvgIpc) is 2.50. The van der Waals surface area contributed by atoms with Crippen LogP contribution < -0.4 is 0 Å². The van der Waals surface area contributed by atoms with Gasteiger partial charge in [-0.05, 0) is 66.0 Å². The Hall–Kier alpha value is -0.860. The van der Waals surface area contributed by atoms with Crippen LogP contribution in [0.1, 0.15) is 57.7 Å². The fourth-order valence-corrected chi connectivity index (χ4v) is 3.91. The number of hydrogen-bond acceptors (Lipinski definition) is 2. The summed E-state index contributed by atoms with van der Waals surface area (Å²) in [4.78, 5) is 0. The van der Waals surface area contributed by atoms with Crippen molar-refractivity contribution >= 4 is 0 Å². The molecule has 2 unspecified atom stereocenters. The van der Waals surface area contributed by atoms with E-state index in [0.717, 1.165) is 17.5 Å². The molecule has 0 aromatic heterocycles. The Bertz CT molecular complexity index is 512. The summed E-state index contributed by atoms with van der Waals surface area (Å²) < 4.78 is 6.17. The summed E-state index contributed by atoms with van der Waals surface area (Å²) in [7, 11) is 0. The maximum atomic E-state index is 11.3. The van der Waals surface area contributed by atoms with Crippen LogP contribution >= 0.6 is 0 Å². The van der Waals surface area contributed by atoms with E-state index >= 15 is 0 Å². The molecule has 1 aromatic carbocycles. The minimum absolute atomic E-state index is 0.0745. The topological polar surface area (TPSA) is 29.5 Å². The minimum atomic E-state index is -0.882. The highest BCUT2D eigenvalue weighted by Crippen LogP contribution is 2.50. The maximum Gasteiger partial charge on any atom is 0.0927 e. The van der Waals surface area contributed by atoms with Crippen LogP contribution in [0.3, 0.4) is 0 Å². The molecule has 1 N–H and O–H groups in total. The molecular formula is C18H28O2. The molecule has 0 saturated carbocycles. The first-order valence-corrected chi connectivity index (χ1v) is 7.46. The molecule has 1 fully saturated rings. The summed E-state index contributed by atoms with van der Waals surface area (Å²) in [6.07, 6.45) is 0.861. The van der Waals surface area contributed by atoms with Gasteiger partial charge in [0.05, 0.1) is 16.8 Å². The largest absolute Gasteiger partial charge is 0.385 e. The summed E-state index contributed by atoms with van der Waals surface area (Å²) in [5.41, 5.74) is 1.95. The van der Waals surface area contributed by atoms with Gasteiger partial charge >= 0.3 is 0 Å². The van der Waals surface area contributed by atoms with Crippen LogP contribution in [0.25, 0.3) is 0 Å². The van der Waals surface area contributed by atoms with Crippen LogP contribution in [0.2, 0.25) is 0 Å². The lowest BCUT2D eigenvalue weighted by Crippen LogP contribution is -2.43. The smallest absolute Gasteiger partial charge is 0.0927 e. The predicted octanol–water partition coefficient (Wildman–Crippen LogP) is 4.10. The normalized spacial score (nSPS) is 27.3. The van der Waals surface area contributed by atoms with Crippen LogP contribution in [0.5, 0.6) is 0 Å². The predicted molar refractivity (Wildman–Crippen MR) is 82.8 cm³/mol. The van der Waals surface area contributed by atoms with Crippen LogP contribution in [0.15, 0.2) is 18.2 Å². The van der Waals surface area contributed by atoms with E-state index in [-0.39, 0.29) is 17.1 Å². The van der Waals surface area contributed by atoms with Crippen LogP contribution in [-0.4, -0.2) is 16.3 Å². The summed E-state index contributed by atoms with van der Waals surface area (Å²) in [6, 6.07) is 6.29. The van der Waals surface area contributed by atoms with Gasteiger partial charge in [-0.15, -0.1) is 0 Å². The van der Waals surface area contributed by atoms with E-state index in [1.807, 2.05) is 6.92 Å². The van der Waals surface area contributed by atoms with E-state index in [4.69, 9.17) is 4.74 Å². The van der Waals surface area contributed by atoms with Gasteiger partial charge in [0, 0.05) is 5.92 Å². The molecule has 1 saturated heterocycles. The Morgan fingerprint density at radius 2 is 1.80 bits per heavy atom. The van der Waals surface area contributed by atoms with E-state index in [1.54, 1.807) is 0 Å². The minimum Gasteiger partial charge on any atom is -0.385 e. The van der Waals surface area contributed by atoms with Crippen molar-refractivity contribution in [3.63, 3.8) is 0 Å². The van der Waals surface area contributed by atoms with Gasteiger partial charge in [-0.3, -0.25) is 0 Å². The third-order valence-electron chi connectivity index (χ3n) is 4.69. The van der Waals surface area contributed by atoms with Gasteiger partial charge in [0.2, 0.25) is 0 Å². The molecule has 0 aliphatic carbocycles. The van der Waals surface area contributed by atoms with Crippen molar-refractivity contribution in [1.82, 2.24) is 0 Å². The van der Waals surface area contributed by atoms with E-state index in [0.29, 0.717) is 0 Å². The number of hydrogen-bond donors (Lipinski definition) is 1. The Morgan fingerprint density at radius 1 is 1.20 bits per heavy atom. The number of benzene rings is 1. The lowest BCUT2D eigenvalue weighted by atomic mass is 9.71. The SMILES string of the molecule is Cc1ccc(C)c(C(C)(O)C2CC(C)(C)OC2(C)C)c1. The Kier molecular flexibility index (Phi) is 3.55. The summed E-state index contributed by atoms with van der Waals surface area (Å²) in [5.74, 6) is 0.0745. The van der Waals surface area contributed by atoms with Crippen molar-refractivity contribution in [3.8, 4) is 0 Å². The van der Waals surface area contributed by atoms with Crippen molar-refractivity contribution in [3.05, 3.63) is 34.9 Å². The standard InChI is InChI=1S/C18H28O2/c1-12-8-9-13(2)14(10-12)18(7,19)15-11-16(3,4)20-17(15,5)6/h8-10,15,19H,11H2,1-7H3. The van der Waals surface area contributed by atoms with Gasteiger partial charge in [0.25, 0.3) is 0 Å². The second-order valence-electron chi connectivity index (χ2n) is 7.69. The lowest BCUT2D eigenvalue weighted by molar-refractivity contribution is -0.111. The molecule has 0 bridgehead atoms. The fraction of sp³-hybridized carbons (Fsp3) is 0.667. The van der Waals surface area contributed by atoms with Crippen molar-refractivity contribution in [1.29, 1.82) is 0 Å². The van der Waals surface area contributed by atoms with Crippen molar-refractivity contribution in [2.75, 3.05) is 0 Å². The molecule has 112 valence electrons. The zero-order valence-corrected chi connectivity index (χ0v) is 13.9. The molecule has 0 spiro atoms. The first-order valence-electron chi connectivity index (χ1n) is 7.46. The van der Waals surface area contributed by atoms with Crippen molar-refractivity contribution < 1.29 is 9.84 Å². The van der Waals surface area contributed by atoms with E-state index < -0.39 is 5.60 Å². The van der Waals surface area contributed by atoms with Gasteiger partial charge < -0.3 is 9.84 Å². The molecule has 1 aliphatic rings. The van der Waals surface area contributed by atoms with Gasteiger partial charge in [-0.2, -0.15) is 0 Å². The number of aryl methyl sites for hydroxylation is 2. The van der Waals surface area contributed by atoms with Gasteiger partial charge in [-0.1, -0.05) is 23.8 Å². The molecule has 1 heterocycles. The lowest BCUT2D eigenvalue weighted by Gasteiger charge is -2.39. The van der Waals surface area contributed by atoms with Crippen molar-refractivity contribution in [2.24, 2.45) is 5.92 Å². The Morgan fingerprint density at radius 3 is 2.30 bits per heavy atom. The van der Waals surface area contributed by atoms with Crippen LogP contribution in [-0.2, 0) is 10.3 Å². The maximum absolute atomic E-state index is 11.3. The number of rotatable bonds is 2. The highest BCUT2D eigenvalue weighted by atomic mass is 16.5. The third-order valence-corrected chi connectivity index (χ3v) is 4.69. The zero-order valence-electron chi connectivity index (χ0n) is 13.9. The highest BCUT2D eigenvalue weighted by Gasteiger charge is 2.54. The molecule has 20 heavy (non-hydrogen) atoms. The molecular weight excluding hydrogens is 248 g/mol. The first kappa shape index (κ1) is 15.5. The van der Waals surface area contributed by atoms with E-state index in [1.165, 1.54) is 5.56 Å². The van der Waals surface area contributed by atoms with Gasteiger partial charge in [-0.25, -0.2) is 0 Å². The van der Waals surface area contributed by atoms with E-state index in [2.05, 4.69) is 59.7 Å². The van der Waals surface area contributed by atoms with Crippen LogP contribution in [0, 0.1) is 19.8 Å². The Labute approximate surface area is 123 Å². The second kappa shape index (κ2) is 4.57. The van der Waals surface area contributed by atoms with Crippen molar-refractivity contribution in [2.45, 2.75) is 71.7 Å². The summed E-state index contributed by atoms with van der Waals surface area (Å²) in [5, 5.41) is 11.3. The molecule has 0 radical (unpaired) electrons.